The standard InChI is InChI=1S/C14H22O4Si/c1-5-15-13-9-11-14(12-10-13)19(16-6-2,17-7-3)18-8-4/h5,9-12H,1,6-8H2,2-4H3. The Bertz CT molecular complexity index is 361. The Morgan fingerprint density at radius 1 is 0.947 bits per heavy atom. The summed E-state index contributed by atoms with van der Waals surface area (Å²) in [6, 6.07) is 7.56. The summed E-state index contributed by atoms with van der Waals surface area (Å²) in [7, 11) is -2.80. The molecule has 0 N–H and O–H groups in total. The van der Waals surface area contributed by atoms with Crippen molar-refractivity contribution in [3.8, 4) is 5.75 Å². The van der Waals surface area contributed by atoms with Crippen LogP contribution in [0.4, 0.5) is 0 Å². The Morgan fingerprint density at radius 3 is 1.79 bits per heavy atom. The van der Waals surface area contributed by atoms with Crippen LogP contribution in [0.5, 0.6) is 5.75 Å². The fourth-order valence-corrected chi connectivity index (χ4v) is 4.24. The molecule has 0 atom stereocenters. The molecule has 0 radical (unpaired) electrons. The van der Waals surface area contributed by atoms with Crippen LogP contribution in [0.1, 0.15) is 20.8 Å². The van der Waals surface area contributed by atoms with Crippen molar-refractivity contribution in [2.24, 2.45) is 0 Å². The molecule has 5 heteroatoms. The number of benzene rings is 1. The molecular formula is C14H22O4Si. The molecule has 0 aliphatic carbocycles. The topological polar surface area (TPSA) is 36.9 Å². The molecule has 0 aliphatic heterocycles. The number of ether oxygens (including phenoxy) is 1. The lowest BCUT2D eigenvalue weighted by atomic mass is 10.3. The van der Waals surface area contributed by atoms with E-state index in [0.29, 0.717) is 19.8 Å². The van der Waals surface area contributed by atoms with Gasteiger partial charge in [0.05, 0.1) is 6.26 Å². The van der Waals surface area contributed by atoms with Gasteiger partial charge >= 0.3 is 8.80 Å². The van der Waals surface area contributed by atoms with Gasteiger partial charge in [0.2, 0.25) is 0 Å². The Kier molecular flexibility index (Phi) is 6.79. The van der Waals surface area contributed by atoms with Crippen LogP contribution in [0.15, 0.2) is 37.1 Å². The summed E-state index contributed by atoms with van der Waals surface area (Å²) in [4.78, 5) is 0. The lowest BCUT2D eigenvalue weighted by Crippen LogP contribution is -2.56. The van der Waals surface area contributed by atoms with E-state index in [1.54, 1.807) is 0 Å². The van der Waals surface area contributed by atoms with Gasteiger partial charge < -0.3 is 18.0 Å². The predicted octanol–water partition coefficient (Wildman–Crippen LogP) is 2.46. The van der Waals surface area contributed by atoms with E-state index in [4.69, 9.17) is 18.0 Å². The van der Waals surface area contributed by atoms with Gasteiger partial charge in [-0.15, -0.1) is 0 Å². The third-order valence-corrected chi connectivity index (χ3v) is 5.48. The highest BCUT2D eigenvalue weighted by Gasteiger charge is 2.43. The molecule has 19 heavy (non-hydrogen) atoms. The zero-order valence-electron chi connectivity index (χ0n) is 11.8. The van der Waals surface area contributed by atoms with E-state index in [1.165, 1.54) is 6.26 Å². The number of hydrogen-bond donors (Lipinski definition) is 0. The third kappa shape index (κ3) is 4.17. The molecule has 0 heterocycles. The summed E-state index contributed by atoms with van der Waals surface area (Å²) in [6.07, 6.45) is 1.40. The minimum absolute atomic E-state index is 0.553. The molecule has 0 fully saturated rings. The molecule has 0 aromatic heterocycles. The predicted molar refractivity (Wildman–Crippen MR) is 77.5 cm³/mol. The van der Waals surface area contributed by atoms with Crippen LogP contribution < -0.4 is 9.92 Å². The second-order valence-corrected chi connectivity index (χ2v) is 6.22. The summed E-state index contributed by atoms with van der Waals surface area (Å²) in [5.74, 6) is 0.728. The molecule has 1 aromatic carbocycles. The molecule has 0 aliphatic rings. The molecular weight excluding hydrogens is 260 g/mol. The van der Waals surface area contributed by atoms with Crippen molar-refractivity contribution in [1.82, 2.24) is 0 Å². The largest absolute Gasteiger partial charge is 0.537 e. The molecule has 0 saturated carbocycles. The molecule has 0 saturated heterocycles. The normalized spacial score (nSPS) is 11.3. The Hall–Kier alpha value is -1.14. The van der Waals surface area contributed by atoms with E-state index in [-0.39, 0.29) is 0 Å². The smallest absolute Gasteiger partial charge is 0.466 e. The van der Waals surface area contributed by atoms with Crippen molar-refractivity contribution in [1.29, 1.82) is 0 Å². The van der Waals surface area contributed by atoms with Gasteiger partial charge in [0.1, 0.15) is 5.75 Å². The zero-order chi connectivity index (χ0) is 14.1. The highest BCUT2D eigenvalue weighted by atomic mass is 28.4. The summed E-state index contributed by atoms with van der Waals surface area (Å²) >= 11 is 0. The van der Waals surface area contributed by atoms with Crippen molar-refractivity contribution in [3.05, 3.63) is 37.1 Å². The lowest BCUT2D eigenvalue weighted by Gasteiger charge is -2.28. The van der Waals surface area contributed by atoms with Gasteiger partial charge in [-0.05, 0) is 32.9 Å². The Labute approximate surface area is 116 Å². The first kappa shape index (κ1) is 15.9. The Balaban J connectivity index is 3.03. The van der Waals surface area contributed by atoms with Gasteiger partial charge in [-0.3, -0.25) is 0 Å². The fraction of sp³-hybridized carbons (Fsp3) is 0.429. The lowest BCUT2D eigenvalue weighted by molar-refractivity contribution is 0.0859. The van der Waals surface area contributed by atoms with E-state index >= 15 is 0 Å². The summed E-state index contributed by atoms with van der Waals surface area (Å²) in [6.45, 7) is 11.0. The molecule has 0 bridgehead atoms. The summed E-state index contributed by atoms with van der Waals surface area (Å²) in [5, 5.41) is 0.939. The van der Waals surface area contributed by atoms with Gasteiger partial charge in [-0.25, -0.2) is 0 Å². The summed E-state index contributed by atoms with van der Waals surface area (Å²) < 4.78 is 22.7. The van der Waals surface area contributed by atoms with Gasteiger partial charge in [0, 0.05) is 25.0 Å². The van der Waals surface area contributed by atoms with Crippen LogP contribution >= 0.6 is 0 Å². The van der Waals surface area contributed by atoms with E-state index in [0.717, 1.165) is 10.9 Å². The van der Waals surface area contributed by atoms with Crippen LogP contribution in [0.2, 0.25) is 0 Å². The van der Waals surface area contributed by atoms with Crippen molar-refractivity contribution in [3.63, 3.8) is 0 Å². The molecule has 1 rings (SSSR count). The average molecular weight is 282 g/mol. The maximum Gasteiger partial charge on any atom is 0.537 e. The van der Waals surface area contributed by atoms with E-state index in [1.807, 2.05) is 45.0 Å². The van der Waals surface area contributed by atoms with Crippen LogP contribution in [0, 0.1) is 0 Å². The average Bonchev–Trinajstić information content (AvgIpc) is 2.41. The monoisotopic (exact) mass is 282 g/mol. The van der Waals surface area contributed by atoms with Gasteiger partial charge in [0.25, 0.3) is 0 Å². The number of rotatable bonds is 9. The minimum atomic E-state index is -2.80. The first-order chi connectivity index (χ1) is 9.22. The van der Waals surface area contributed by atoms with Crippen LogP contribution in [0.25, 0.3) is 0 Å². The Morgan fingerprint density at radius 2 is 1.42 bits per heavy atom. The van der Waals surface area contributed by atoms with E-state index < -0.39 is 8.80 Å². The van der Waals surface area contributed by atoms with Crippen LogP contribution in [0.3, 0.4) is 0 Å². The first-order valence-electron chi connectivity index (χ1n) is 6.52. The highest BCUT2D eigenvalue weighted by molar-refractivity contribution is 6.75. The van der Waals surface area contributed by atoms with Crippen LogP contribution in [-0.2, 0) is 13.3 Å². The molecule has 0 unspecified atom stereocenters. The molecule has 0 spiro atoms. The highest BCUT2D eigenvalue weighted by Crippen LogP contribution is 2.14. The van der Waals surface area contributed by atoms with E-state index in [2.05, 4.69) is 6.58 Å². The van der Waals surface area contributed by atoms with Crippen LogP contribution in [-0.4, -0.2) is 28.6 Å². The van der Waals surface area contributed by atoms with Crippen molar-refractivity contribution < 1.29 is 18.0 Å². The fourth-order valence-electron chi connectivity index (χ4n) is 1.78. The minimum Gasteiger partial charge on any atom is -0.466 e. The quantitative estimate of drug-likeness (QED) is 0.515. The first-order valence-corrected chi connectivity index (χ1v) is 8.24. The van der Waals surface area contributed by atoms with Crippen molar-refractivity contribution in [2.45, 2.75) is 20.8 Å². The molecule has 0 amide bonds. The maximum atomic E-state index is 5.83. The van der Waals surface area contributed by atoms with Crippen molar-refractivity contribution in [2.75, 3.05) is 19.8 Å². The molecule has 1 aromatic rings. The van der Waals surface area contributed by atoms with Gasteiger partial charge in [-0.1, -0.05) is 18.7 Å². The second-order valence-electron chi connectivity index (χ2n) is 3.66. The van der Waals surface area contributed by atoms with E-state index in [9.17, 15) is 0 Å². The maximum absolute atomic E-state index is 5.83. The van der Waals surface area contributed by atoms with Gasteiger partial charge in [-0.2, -0.15) is 0 Å². The summed E-state index contributed by atoms with van der Waals surface area (Å²) in [5.41, 5.74) is 0. The SMILES string of the molecule is C=COc1ccc([Si](OCC)(OCC)OCC)cc1. The second kappa shape index (κ2) is 8.11. The number of hydrogen-bond acceptors (Lipinski definition) is 4. The van der Waals surface area contributed by atoms with Gasteiger partial charge in [0.15, 0.2) is 0 Å². The van der Waals surface area contributed by atoms with Crippen molar-refractivity contribution >= 4 is 14.0 Å². The molecule has 4 nitrogen and oxygen atoms in total. The molecule has 106 valence electrons. The zero-order valence-corrected chi connectivity index (χ0v) is 12.8. The third-order valence-electron chi connectivity index (χ3n) is 2.43.